The summed E-state index contributed by atoms with van der Waals surface area (Å²) >= 11 is 24.8. The average Bonchev–Trinajstić information content (AvgIpc) is 2.59. The van der Waals surface area contributed by atoms with Crippen molar-refractivity contribution in [1.82, 2.24) is 0 Å². The first-order chi connectivity index (χ1) is 11.4. The SMILES string of the molecule is COc1ccc(C(=O)C(Cl)C(Cl)c2cc(Cl)c(OC)c(Cl)c2)cc1. The maximum atomic E-state index is 12.5. The van der Waals surface area contributed by atoms with Gasteiger partial charge in [0.05, 0.1) is 29.6 Å². The Kier molecular flexibility index (Phi) is 6.64. The van der Waals surface area contributed by atoms with Crippen LogP contribution in [0.15, 0.2) is 36.4 Å². The maximum Gasteiger partial charge on any atom is 0.182 e. The van der Waals surface area contributed by atoms with Gasteiger partial charge >= 0.3 is 0 Å². The highest BCUT2D eigenvalue weighted by atomic mass is 35.5. The molecular weight excluding hydrogens is 394 g/mol. The van der Waals surface area contributed by atoms with E-state index in [9.17, 15) is 4.79 Å². The summed E-state index contributed by atoms with van der Waals surface area (Å²) in [5.74, 6) is 0.690. The fourth-order valence-electron chi connectivity index (χ4n) is 2.15. The van der Waals surface area contributed by atoms with Gasteiger partial charge in [-0.05, 0) is 42.0 Å². The number of methoxy groups -OCH3 is 2. The fourth-order valence-corrected chi connectivity index (χ4v) is 3.32. The van der Waals surface area contributed by atoms with Crippen molar-refractivity contribution < 1.29 is 14.3 Å². The van der Waals surface area contributed by atoms with Crippen molar-refractivity contribution in [1.29, 1.82) is 0 Å². The Balaban J connectivity index is 2.24. The summed E-state index contributed by atoms with van der Waals surface area (Å²) in [7, 11) is 3.01. The molecule has 3 nitrogen and oxygen atoms in total. The molecule has 0 aliphatic carbocycles. The normalized spacial score (nSPS) is 13.2. The van der Waals surface area contributed by atoms with E-state index in [2.05, 4.69) is 0 Å². The van der Waals surface area contributed by atoms with Crippen molar-refractivity contribution in [2.75, 3.05) is 14.2 Å². The Labute approximate surface area is 160 Å². The third kappa shape index (κ3) is 4.09. The van der Waals surface area contributed by atoms with E-state index in [1.165, 1.54) is 7.11 Å². The molecule has 0 N–H and O–H groups in total. The summed E-state index contributed by atoms with van der Waals surface area (Å²) in [5.41, 5.74) is 0.974. The molecule has 0 saturated heterocycles. The molecular formula is C17H14Cl4O3. The van der Waals surface area contributed by atoms with Gasteiger partial charge in [-0.2, -0.15) is 0 Å². The van der Waals surface area contributed by atoms with Gasteiger partial charge < -0.3 is 9.47 Å². The highest BCUT2D eigenvalue weighted by molar-refractivity contribution is 6.40. The summed E-state index contributed by atoms with van der Waals surface area (Å²) in [5, 5.41) is -1.19. The van der Waals surface area contributed by atoms with Gasteiger partial charge in [0.2, 0.25) is 0 Å². The fraction of sp³-hybridized carbons (Fsp3) is 0.235. The topological polar surface area (TPSA) is 35.5 Å². The zero-order valence-electron chi connectivity index (χ0n) is 12.9. The van der Waals surface area contributed by atoms with Crippen LogP contribution < -0.4 is 9.47 Å². The van der Waals surface area contributed by atoms with Crippen LogP contribution in [0.3, 0.4) is 0 Å². The van der Waals surface area contributed by atoms with E-state index in [1.807, 2.05) is 0 Å². The third-order valence-electron chi connectivity index (χ3n) is 3.43. The van der Waals surface area contributed by atoms with Gasteiger partial charge in [-0.25, -0.2) is 0 Å². The first kappa shape index (κ1) is 19.2. The Hall–Kier alpha value is -1.13. The van der Waals surface area contributed by atoms with Crippen LogP contribution >= 0.6 is 46.4 Å². The van der Waals surface area contributed by atoms with E-state index in [1.54, 1.807) is 43.5 Å². The van der Waals surface area contributed by atoms with Gasteiger partial charge in [-0.15, -0.1) is 23.2 Å². The van der Waals surface area contributed by atoms with Crippen LogP contribution in [0.25, 0.3) is 0 Å². The lowest BCUT2D eigenvalue weighted by Crippen LogP contribution is -2.20. The quantitative estimate of drug-likeness (QED) is 0.449. The lowest BCUT2D eigenvalue weighted by Gasteiger charge is -2.17. The number of ether oxygens (including phenoxy) is 2. The second-order valence-electron chi connectivity index (χ2n) is 4.91. The summed E-state index contributed by atoms with van der Waals surface area (Å²) in [6.07, 6.45) is 0. The Bertz CT molecular complexity index is 708. The number of alkyl halides is 2. The number of carbonyl (C=O) groups is 1. The third-order valence-corrected chi connectivity index (χ3v) is 5.07. The second kappa shape index (κ2) is 8.30. The first-order valence-corrected chi connectivity index (χ1v) is 8.51. The van der Waals surface area contributed by atoms with Crippen LogP contribution in [0.2, 0.25) is 10.0 Å². The van der Waals surface area contributed by atoms with Crippen molar-refractivity contribution in [2.24, 2.45) is 0 Å². The van der Waals surface area contributed by atoms with Crippen LogP contribution in [0.5, 0.6) is 11.5 Å². The number of ketones is 1. The minimum atomic E-state index is -0.986. The van der Waals surface area contributed by atoms with Crippen molar-refractivity contribution in [3.8, 4) is 11.5 Å². The zero-order valence-corrected chi connectivity index (χ0v) is 15.9. The minimum Gasteiger partial charge on any atom is -0.497 e. The lowest BCUT2D eigenvalue weighted by atomic mass is 10.0. The molecule has 0 radical (unpaired) electrons. The van der Waals surface area contributed by atoms with Crippen LogP contribution in [-0.2, 0) is 0 Å². The molecule has 7 heteroatoms. The smallest absolute Gasteiger partial charge is 0.182 e. The average molecular weight is 408 g/mol. The van der Waals surface area contributed by atoms with Crippen molar-refractivity contribution in [3.05, 3.63) is 57.6 Å². The molecule has 128 valence electrons. The van der Waals surface area contributed by atoms with Gasteiger partial charge in [-0.1, -0.05) is 23.2 Å². The Morgan fingerprint density at radius 1 is 0.958 bits per heavy atom. The molecule has 0 saturated carbocycles. The molecule has 2 rings (SSSR count). The molecule has 2 unspecified atom stereocenters. The summed E-state index contributed by atoms with van der Waals surface area (Å²) < 4.78 is 10.2. The molecule has 24 heavy (non-hydrogen) atoms. The van der Waals surface area contributed by atoms with Gasteiger partial charge in [0.25, 0.3) is 0 Å². The molecule has 2 aromatic rings. The first-order valence-electron chi connectivity index (χ1n) is 6.88. The van der Waals surface area contributed by atoms with E-state index in [0.29, 0.717) is 32.7 Å². The summed E-state index contributed by atoms with van der Waals surface area (Å²) in [6.45, 7) is 0. The number of hydrogen-bond acceptors (Lipinski definition) is 3. The van der Waals surface area contributed by atoms with E-state index < -0.39 is 10.8 Å². The molecule has 0 aliphatic heterocycles. The van der Waals surface area contributed by atoms with Gasteiger partial charge in [0.15, 0.2) is 11.5 Å². The molecule has 0 aromatic heterocycles. The number of carbonyl (C=O) groups excluding carboxylic acids is 1. The summed E-state index contributed by atoms with van der Waals surface area (Å²) in [6, 6.07) is 9.80. The molecule has 2 aromatic carbocycles. The molecule has 0 spiro atoms. The van der Waals surface area contributed by atoms with Crippen LogP contribution in [0.4, 0.5) is 0 Å². The molecule has 2 atom stereocenters. The highest BCUT2D eigenvalue weighted by Crippen LogP contribution is 2.39. The molecule has 0 fully saturated rings. The lowest BCUT2D eigenvalue weighted by molar-refractivity contribution is 0.0985. The largest absolute Gasteiger partial charge is 0.497 e. The number of benzene rings is 2. The molecule has 0 amide bonds. The molecule has 0 aliphatic rings. The number of Topliss-reactive ketones (excluding diaryl/α,β-unsaturated/α-hetero) is 1. The predicted molar refractivity (Wildman–Crippen MR) is 98.6 cm³/mol. The molecule has 0 heterocycles. The standard InChI is InChI=1S/C17H14Cl4O3/c1-23-11-5-3-9(4-6-11)16(22)15(21)14(20)10-7-12(18)17(24-2)13(19)8-10/h3-8,14-15H,1-2H3. The predicted octanol–water partition coefficient (Wildman–Crippen LogP) is 5.78. The van der Waals surface area contributed by atoms with Crippen LogP contribution in [-0.4, -0.2) is 25.4 Å². The van der Waals surface area contributed by atoms with Gasteiger partial charge in [0, 0.05) is 5.56 Å². The minimum absolute atomic E-state index is 0.298. The summed E-state index contributed by atoms with van der Waals surface area (Å²) in [4.78, 5) is 12.5. The van der Waals surface area contributed by atoms with E-state index in [4.69, 9.17) is 55.9 Å². The van der Waals surface area contributed by atoms with Crippen LogP contribution in [0.1, 0.15) is 21.3 Å². The van der Waals surface area contributed by atoms with E-state index in [0.717, 1.165) is 0 Å². The second-order valence-corrected chi connectivity index (χ2v) is 6.67. The van der Waals surface area contributed by atoms with Crippen LogP contribution in [0, 0.1) is 0 Å². The number of hydrogen-bond donors (Lipinski definition) is 0. The Morgan fingerprint density at radius 3 is 1.96 bits per heavy atom. The zero-order chi connectivity index (χ0) is 17.9. The number of rotatable bonds is 6. The molecule has 0 bridgehead atoms. The van der Waals surface area contributed by atoms with Gasteiger partial charge in [-0.3, -0.25) is 4.79 Å². The van der Waals surface area contributed by atoms with Gasteiger partial charge in [0.1, 0.15) is 11.1 Å². The van der Waals surface area contributed by atoms with Crippen molar-refractivity contribution in [3.63, 3.8) is 0 Å². The van der Waals surface area contributed by atoms with E-state index in [-0.39, 0.29) is 5.78 Å². The Morgan fingerprint density at radius 2 is 1.50 bits per heavy atom. The maximum absolute atomic E-state index is 12.5. The van der Waals surface area contributed by atoms with E-state index >= 15 is 0 Å². The van der Waals surface area contributed by atoms with Crippen molar-refractivity contribution >= 4 is 52.2 Å². The highest BCUT2D eigenvalue weighted by Gasteiger charge is 2.28. The monoisotopic (exact) mass is 406 g/mol. The number of halogens is 4. The van der Waals surface area contributed by atoms with Crippen molar-refractivity contribution in [2.45, 2.75) is 10.8 Å².